The van der Waals surface area contributed by atoms with Crippen molar-refractivity contribution >= 4 is 0 Å². The summed E-state index contributed by atoms with van der Waals surface area (Å²) in [5, 5.41) is 0. The number of halogens is 2. The van der Waals surface area contributed by atoms with Crippen LogP contribution in [0.4, 0.5) is 8.78 Å². The van der Waals surface area contributed by atoms with Gasteiger partial charge in [-0.1, -0.05) is 19.1 Å². The quantitative estimate of drug-likeness (QED) is 0.716. The molecule has 0 saturated carbocycles. The molecule has 0 bridgehead atoms. The Morgan fingerprint density at radius 3 is 2.72 bits per heavy atom. The second-order valence-corrected chi connectivity index (χ2v) is 3.89. The summed E-state index contributed by atoms with van der Waals surface area (Å²) in [6.07, 6.45) is 0. The van der Waals surface area contributed by atoms with Gasteiger partial charge in [0.15, 0.2) is 0 Å². The number of methoxy groups -OCH3 is 1. The van der Waals surface area contributed by atoms with Gasteiger partial charge in [-0.05, 0) is 24.2 Å². The van der Waals surface area contributed by atoms with Crippen molar-refractivity contribution in [3.05, 3.63) is 29.8 Å². The van der Waals surface area contributed by atoms with E-state index in [2.05, 4.69) is 16.6 Å². The van der Waals surface area contributed by atoms with Crippen molar-refractivity contribution < 1.29 is 18.3 Å². The average molecular weight is 259 g/mol. The van der Waals surface area contributed by atoms with Crippen molar-refractivity contribution in [1.29, 1.82) is 0 Å². The first-order chi connectivity index (χ1) is 8.65. The van der Waals surface area contributed by atoms with E-state index in [4.69, 9.17) is 4.74 Å². The smallest absolute Gasteiger partial charge is 0.387 e. The van der Waals surface area contributed by atoms with E-state index < -0.39 is 6.61 Å². The zero-order chi connectivity index (χ0) is 13.4. The molecule has 102 valence electrons. The van der Waals surface area contributed by atoms with Crippen LogP contribution in [0, 0.1) is 0 Å². The van der Waals surface area contributed by atoms with Gasteiger partial charge in [0.2, 0.25) is 0 Å². The highest BCUT2D eigenvalue weighted by Gasteiger charge is 2.07. The number of hydrogen-bond donors (Lipinski definition) is 0. The molecule has 0 radical (unpaired) electrons. The Labute approximate surface area is 106 Å². The van der Waals surface area contributed by atoms with Gasteiger partial charge in [-0.2, -0.15) is 8.78 Å². The third kappa shape index (κ3) is 5.42. The molecule has 5 heteroatoms. The maximum Gasteiger partial charge on any atom is 0.387 e. The van der Waals surface area contributed by atoms with Crippen LogP contribution >= 0.6 is 0 Å². The molecule has 0 aliphatic heterocycles. The lowest BCUT2D eigenvalue weighted by atomic mass is 10.2. The maximum atomic E-state index is 12.1. The lowest BCUT2D eigenvalue weighted by molar-refractivity contribution is -0.0499. The third-order valence-corrected chi connectivity index (χ3v) is 2.59. The first-order valence-corrected chi connectivity index (χ1v) is 5.90. The molecular weight excluding hydrogens is 240 g/mol. The van der Waals surface area contributed by atoms with Crippen LogP contribution in [-0.2, 0) is 11.3 Å². The van der Waals surface area contributed by atoms with E-state index in [9.17, 15) is 8.78 Å². The average Bonchev–Trinajstić information content (AvgIpc) is 2.34. The minimum Gasteiger partial charge on any atom is -0.435 e. The first-order valence-electron chi connectivity index (χ1n) is 5.90. The molecule has 1 aromatic carbocycles. The van der Waals surface area contributed by atoms with Crippen molar-refractivity contribution in [2.45, 2.75) is 20.1 Å². The summed E-state index contributed by atoms with van der Waals surface area (Å²) >= 11 is 0. The van der Waals surface area contributed by atoms with Crippen LogP contribution in [0.25, 0.3) is 0 Å². The highest BCUT2D eigenvalue weighted by Crippen LogP contribution is 2.17. The fourth-order valence-electron chi connectivity index (χ4n) is 1.65. The Bertz CT molecular complexity index is 348. The number of rotatable bonds is 8. The van der Waals surface area contributed by atoms with Crippen LogP contribution in [-0.4, -0.2) is 38.3 Å². The Morgan fingerprint density at radius 2 is 2.11 bits per heavy atom. The summed E-state index contributed by atoms with van der Waals surface area (Å²) in [4.78, 5) is 2.17. The van der Waals surface area contributed by atoms with Gasteiger partial charge in [0.25, 0.3) is 0 Å². The van der Waals surface area contributed by atoms with Gasteiger partial charge < -0.3 is 9.47 Å². The molecule has 0 saturated heterocycles. The molecule has 1 rings (SSSR count). The molecule has 0 fully saturated rings. The normalized spacial score (nSPS) is 11.2. The van der Waals surface area contributed by atoms with Gasteiger partial charge in [0, 0.05) is 20.2 Å². The molecule has 0 atom stereocenters. The highest BCUT2D eigenvalue weighted by atomic mass is 19.3. The van der Waals surface area contributed by atoms with Gasteiger partial charge in [-0.15, -0.1) is 0 Å². The molecular formula is C13H19F2NO2. The molecule has 0 heterocycles. The zero-order valence-corrected chi connectivity index (χ0v) is 10.7. The summed E-state index contributed by atoms with van der Waals surface area (Å²) in [5.74, 6) is 0.199. The third-order valence-electron chi connectivity index (χ3n) is 2.59. The summed E-state index contributed by atoms with van der Waals surface area (Å²) in [6, 6.07) is 6.79. The van der Waals surface area contributed by atoms with E-state index in [1.165, 1.54) is 6.07 Å². The first kappa shape index (κ1) is 14.9. The molecule has 0 spiro atoms. The standard InChI is InChI=1S/C13H19F2NO2/c1-3-16(7-8-17-2)10-11-5-4-6-12(9-11)18-13(14)15/h4-6,9,13H,3,7-8,10H2,1-2H3. The topological polar surface area (TPSA) is 21.7 Å². The largest absolute Gasteiger partial charge is 0.435 e. The van der Waals surface area contributed by atoms with Gasteiger partial charge in [-0.3, -0.25) is 4.90 Å². The predicted octanol–water partition coefficient (Wildman–Crippen LogP) is 2.76. The maximum absolute atomic E-state index is 12.1. The van der Waals surface area contributed by atoms with Gasteiger partial charge in [0.05, 0.1) is 6.61 Å². The number of likely N-dealkylation sites (N-methyl/N-ethyl adjacent to an activating group) is 1. The van der Waals surface area contributed by atoms with Crippen LogP contribution < -0.4 is 4.74 Å². The Hall–Kier alpha value is -1.20. The van der Waals surface area contributed by atoms with E-state index in [1.54, 1.807) is 19.2 Å². The van der Waals surface area contributed by atoms with Crippen LogP contribution in [0.15, 0.2) is 24.3 Å². The van der Waals surface area contributed by atoms with Crippen LogP contribution in [0.5, 0.6) is 5.75 Å². The Balaban J connectivity index is 2.59. The minimum absolute atomic E-state index is 0.199. The molecule has 18 heavy (non-hydrogen) atoms. The molecule has 0 N–H and O–H groups in total. The molecule has 1 aromatic rings. The van der Waals surface area contributed by atoms with Crippen LogP contribution in [0.1, 0.15) is 12.5 Å². The number of hydrogen-bond acceptors (Lipinski definition) is 3. The van der Waals surface area contributed by atoms with E-state index in [-0.39, 0.29) is 5.75 Å². The highest BCUT2D eigenvalue weighted by molar-refractivity contribution is 5.28. The van der Waals surface area contributed by atoms with E-state index in [1.807, 2.05) is 6.07 Å². The lowest BCUT2D eigenvalue weighted by Crippen LogP contribution is -2.26. The molecule has 0 aliphatic carbocycles. The fraction of sp³-hybridized carbons (Fsp3) is 0.538. The van der Waals surface area contributed by atoms with Crippen molar-refractivity contribution in [3.8, 4) is 5.75 Å². The SMILES string of the molecule is CCN(CCOC)Cc1cccc(OC(F)F)c1. The van der Waals surface area contributed by atoms with Gasteiger partial charge >= 0.3 is 6.61 Å². The molecule has 0 aromatic heterocycles. The van der Waals surface area contributed by atoms with E-state index in [0.29, 0.717) is 13.2 Å². The number of ether oxygens (including phenoxy) is 2. The number of benzene rings is 1. The predicted molar refractivity (Wildman–Crippen MR) is 65.9 cm³/mol. The molecule has 0 aliphatic rings. The van der Waals surface area contributed by atoms with Gasteiger partial charge in [-0.25, -0.2) is 0 Å². The molecule has 0 amide bonds. The molecule has 0 unspecified atom stereocenters. The monoisotopic (exact) mass is 259 g/mol. The van der Waals surface area contributed by atoms with Crippen molar-refractivity contribution in [2.24, 2.45) is 0 Å². The van der Waals surface area contributed by atoms with E-state index >= 15 is 0 Å². The molecule has 3 nitrogen and oxygen atoms in total. The summed E-state index contributed by atoms with van der Waals surface area (Å²) in [6.45, 7) is 2.31. The van der Waals surface area contributed by atoms with Gasteiger partial charge in [0.1, 0.15) is 5.75 Å². The Kier molecular flexibility index (Phi) is 6.60. The van der Waals surface area contributed by atoms with E-state index in [0.717, 1.165) is 18.7 Å². The van der Waals surface area contributed by atoms with Crippen molar-refractivity contribution in [2.75, 3.05) is 26.8 Å². The fourth-order valence-corrected chi connectivity index (χ4v) is 1.65. The second kappa shape index (κ2) is 8.00. The van der Waals surface area contributed by atoms with Crippen molar-refractivity contribution in [3.63, 3.8) is 0 Å². The summed E-state index contributed by atoms with van der Waals surface area (Å²) < 4.78 is 33.6. The van der Waals surface area contributed by atoms with Crippen LogP contribution in [0.2, 0.25) is 0 Å². The summed E-state index contributed by atoms with van der Waals surface area (Å²) in [7, 11) is 1.66. The zero-order valence-electron chi connectivity index (χ0n) is 10.7. The van der Waals surface area contributed by atoms with Crippen LogP contribution in [0.3, 0.4) is 0 Å². The van der Waals surface area contributed by atoms with Crippen molar-refractivity contribution in [1.82, 2.24) is 4.90 Å². The number of alkyl halides is 2. The second-order valence-electron chi connectivity index (χ2n) is 3.89. The number of nitrogens with zero attached hydrogens (tertiary/aromatic N) is 1. The summed E-state index contributed by atoms with van der Waals surface area (Å²) in [5.41, 5.74) is 0.950. The lowest BCUT2D eigenvalue weighted by Gasteiger charge is -2.20. The Morgan fingerprint density at radius 1 is 1.33 bits per heavy atom. The minimum atomic E-state index is -2.78.